The van der Waals surface area contributed by atoms with Crippen LogP contribution < -0.4 is 4.74 Å². The number of hydrogen-bond acceptors (Lipinski definition) is 1. The van der Waals surface area contributed by atoms with Crippen LogP contribution in [-0.4, -0.2) is 12.5 Å². The Morgan fingerprint density at radius 1 is 1.33 bits per heavy atom. The van der Waals surface area contributed by atoms with Crippen LogP contribution in [-0.2, 0) is 15.6 Å². The number of methoxy groups -OCH3 is 1. The Kier molecular flexibility index (Phi) is 9.59. The van der Waals surface area contributed by atoms with Crippen molar-refractivity contribution in [1.29, 1.82) is 0 Å². The second kappa shape index (κ2) is 8.34. The van der Waals surface area contributed by atoms with Crippen LogP contribution in [0.1, 0.15) is 5.56 Å². The molecule has 1 rings (SSSR count). The predicted octanol–water partition coefficient (Wildman–Crippen LogP) is 2.56. The molecule has 0 aliphatic carbocycles. The normalized spacial score (nSPS) is 7.08. The summed E-state index contributed by atoms with van der Waals surface area (Å²) >= 11 is 2.69. The smallest absolute Gasteiger partial charge is 0.693 e. The van der Waals surface area contributed by atoms with Gasteiger partial charge in [-0.25, -0.2) is 0 Å². The van der Waals surface area contributed by atoms with E-state index in [0.717, 1.165) is 11.3 Å². The van der Waals surface area contributed by atoms with Crippen LogP contribution in [0, 0.1) is 6.92 Å². The Morgan fingerprint density at radius 3 is 2.17 bits per heavy atom. The second-order valence-corrected chi connectivity index (χ2v) is 1.81. The molecule has 0 unspecified atom stereocenters. The summed E-state index contributed by atoms with van der Waals surface area (Å²) in [6.07, 6.45) is 0. The number of hydrogen-bond donors (Lipinski definition) is 0. The van der Waals surface area contributed by atoms with Crippen molar-refractivity contribution in [2.75, 3.05) is 7.11 Å². The van der Waals surface area contributed by atoms with E-state index in [9.17, 15) is 0 Å². The first-order chi connectivity index (χ1) is 5.34. The zero-order valence-electron chi connectivity index (χ0n) is 7.09. The molecule has 2 nitrogen and oxygen atoms in total. The van der Waals surface area contributed by atoms with Crippen molar-refractivity contribution in [3.63, 3.8) is 0 Å². The minimum Gasteiger partial charge on any atom is -0.693 e. The van der Waals surface area contributed by atoms with Crippen molar-refractivity contribution in [3.05, 3.63) is 42.9 Å². The molecule has 0 radical (unpaired) electrons. The van der Waals surface area contributed by atoms with E-state index in [4.69, 9.17) is 4.74 Å². The van der Waals surface area contributed by atoms with E-state index < -0.39 is 0 Å². The van der Waals surface area contributed by atoms with E-state index in [2.05, 4.69) is 27.9 Å². The molecule has 0 atom stereocenters. The van der Waals surface area contributed by atoms with Gasteiger partial charge in [0.05, 0.1) is 7.11 Å². The molecule has 1 aromatic carbocycles. The van der Waals surface area contributed by atoms with E-state index in [1.165, 1.54) is 0 Å². The zero-order chi connectivity index (χ0) is 8.69. The predicted molar refractivity (Wildman–Crippen MR) is 49.9 cm³/mol. The molecule has 12 heavy (non-hydrogen) atoms. The van der Waals surface area contributed by atoms with Gasteiger partial charge in [-0.2, -0.15) is 18.6 Å². The molecular formula is C9H13MnNO-2. The topological polar surface area (TPSA) is 42.7 Å². The second-order valence-electron chi connectivity index (χ2n) is 1.81. The molecule has 0 fully saturated rings. The van der Waals surface area contributed by atoms with Crippen LogP contribution in [0.5, 0.6) is 5.75 Å². The summed E-state index contributed by atoms with van der Waals surface area (Å²) in [7, 11) is 1.64. The molecule has 0 aliphatic heterocycles. The van der Waals surface area contributed by atoms with Gasteiger partial charge in [-0.1, -0.05) is 12.1 Å². The molecule has 0 heterocycles. The van der Waals surface area contributed by atoms with Crippen LogP contribution in [0.25, 0.3) is 6.15 Å². The van der Waals surface area contributed by atoms with Crippen LogP contribution in [0.2, 0.25) is 0 Å². The fourth-order valence-corrected chi connectivity index (χ4v) is 0.703. The van der Waals surface area contributed by atoms with Crippen LogP contribution in [0.4, 0.5) is 0 Å². The van der Waals surface area contributed by atoms with Gasteiger partial charge in [-0.3, -0.25) is 0 Å². The van der Waals surface area contributed by atoms with Crippen LogP contribution in [0.3, 0.4) is 0 Å². The van der Waals surface area contributed by atoms with E-state index >= 15 is 0 Å². The Hall–Kier alpha value is -0.761. The summed E-state index contributed by atoms with van der Waals surface area (Å²) in [4.78, 5) is 0. The molecule has 0 amide bonds. The minimum atomic E-state index is 0. The maximum atomic E-state index is 4.98. The van der Waals surface area contributed by atoms with Gasteiger partial charge in [0.15, 0.2) is 0 Å². The van der Waals surface area contributed by atoms with Crippen molar-refractivity contribution in [2.24, 2.45) is 0 Å². The molecule has 0 spiro atoms. The number of para-hydroxylation sites is 1. The molecule has 69 valence electrons. The van der Waals surface area contributed by atoms with Crippen molar-refractivity contribution < 1.29 is 20.3 Å². The van der Waals surface area contributed by atoms with Gasteiger partial charge in [0.25, 0.3) is 0 Å². The molecule has 3 heteroatoms. The molecule has 1 aromatic rings. The summed E-state index contributed by atoms with van der Waals surface area (Å²) in [6.45, 7) is 3.77. The summed E-state index contributed by atoms with van der Waals surface area (Å²) < 4.78 is 4.98. The van der Waals surface area contributed by atoms with E-state index in [1.807, 2.05) is 24.3 Å². The van der Waals surface area contributed by atoms with Crippen molar-refractivity contribution in [1.82, 2.24) is 0 Å². The first-order valence-corrected chi connectivity index (χ1v) is 3.90. The first-order valence-electron chi connectivity index (χ1n) is 3.06. The van der Waals surface area contributed by atoms with Gasteiger partial charge in [0, 0.05) is 5.75 Å². The first kappa shape index (κ1) is 13.8. The molecule has 2 N–H and O–H groups in total. The summed E-state index contributed by atoms with van der Waals surface area (Å²) in [6, 6.07) is 7.67. The number of rotatable bonds is 1. The van der Waals surface area contributed by atoms with E-state index in [-0.39, 0.29) is 6.15 Å². The molecule has 0 bridgehead atoms. The zero-order valence-corrected chi connectivity index (χ0v) is 8.27. The van der Waals surface area contributed by atoms with Crippen molar-refractivity contribution in [3.8, 4) is 5.75 Å². The molecule has 0 saturated carbocycles. The minimum absolute atomic E-state index is 0. The van der Waals surface area contributed by atoms with Gasteiger partial charge < -0.3 is 10.9 Å². The van der Waals surface area contributed by atoms with E-state index in [1.54, 1.807) is 7.11 Å². The molecular weight excluding hydrogens is 193 g/mol. The van der Waals surface area contributed by atoms with Gasteiger partial charge in [0.1, 0.15) is 0 Å². The third-order valence-electron chi connectivity index (χ3n) is 1.19. The third-order valence-corrected chi connectivity index (χ3v) is 1.19. The third kappa shape index (κ3) is 4.19. The van der Waals surface area contributed by atoms with E-state index in [0.29, 0.717) is 0 Å². The molecule has 0 aromatic heterocycles. The van der Waals surface area contributed by atoms with Crippen LogP contribution >= 0.6 is 0 Å². The molecule has 0 aliphatic rings. The monoisotopic (exact) mass is 206 g/mol. The van der Waals surface area contributed by atoms with Gasteiger partial charge in [-0.15, -0.1) is 6.07 Å². The Balaban J connectivity index is 0. The van der Waals surface area contributed by atoms with Gasteiger partial charge >= 0.3 is 21.0 Å². The number of nitrogens with two attached hydrogens (primary N) is 1. The van der Waals surface area contributed by atoms with Crippen molar-refractivity contribution >= 4 is 5.42 Å². The average molecular weight is 206 g/mol. The molecule has 0 saturated heterocycles. The van der Waals surface area contributed by atoms with Gasteiger partial charge in [-0.05, 0) is 0 Å². The Labute approximate surface area is 81.9 Å². The quantitative estimate of drug-likeness (QED) is 0.514. The average Bonchev–Trinajstić information content (AvgIpc) is 2.09. The summed E-state index contributed by atoms with van der Waals surface area (Å²) in [5.74, 6) is 0.845. The van der Waals surface area contributed by atoms with Crippen LogP contribution in [0.15, 0.2) is 24.3 Å². The van der Waals surface area contributed by atoms with Crippen molar-refractivity contribution in [2.45, 2.75) is 0 Å². The SMILES string of the molecule is [CH2-]c1ccccc1OC.[CH2]=[Mn].[NH2-]. The maximum absolute atomic E-state index is 4.98. The fraction of sp³-hybridized carbons (Fsp3) is 0.111. The fourth-order valence-electron chi connectivity index (χ4n) is 0.703. The largest absolute Gasteiger partial charge is 0.693 e. The number of ether oxygens (including phenoxy) is 1. The Bertz CT molecular complexity index is 215. The maximum Gasteiger partial charge on any atom is -0.693 e. The standard InChI is InChI=1S/C8H9O.CH2.Mn.H2N/c1-7-5-3-4-6-8(7)9-2;;;/h3-6H,1H2,2H3;1H2;;1H2/q-1;;;-1. The summed E-state index contributed by atoms with van der Waals surface area (Å²) in [5, 5.41) is 0. The van der Waals surface area contributed by atoms with Gasteiger partial charge in [0.2, 0.25) is 0 Å². The number of benzene rings is 1. The summed E-state index contributed by atoms with van der Waals surface area (Å²) in [5.41, 5.74) is 3.99. The Morgan fingerprint density at radius 2 is 1.83 bits per heavy atom.